The molecular formula is C19H24. The van der Waals surface area contributed by atoms with E-state index >= 15 is 0 Å². The normalized spacial score (nSPS) is 14.4. The SMILES string of the molecule is Cc1ccc(C(C)(CC(C)C)c2ccccc2)cc1. The molecule has 0 aromatic heterocycles. The molecule has 2 aromatic rings. The summed E-state index contributed by atoms with van der Waals surface area (Å²) in [5.41, 5.74) is 4.25. The van der Waals surface area contributed by atoms with E-state index in [4.69, 9.17) is 0 Å². The largest absolute Gasteiger partial charge is 0.0627 e. The maximum absolute atomic E-state index is 2.37. The molecule has 1 atom stereocenters. The first-order chi connectivity index (χ1) is 9.02. The summed E-state index contributed by atoms with van der Waals surface area (Å²) in [7, 11) is 0. The molecule has 0 saturated heterocycles. The zero-order valence-electron chi connectivity index (χ0n) is 12.5. The van der Waals surface area contributed by atoms with E-state index in [2.05, 4.69) is 82.3 Å². The van der Waals surface area contributed by atoms with Crippen LogP contribution < -0.4 is 0 Å². The summed E-state index contributed by atoms with van der Waals surface area (Å²) in [5.74, 6) is 0.673. The van der Waals surface area contributed by atoms with E-state index in [1.165, 1.54) is 23.1 Å². The average Bonchev–Trinajstić information content (AvgIpc) is 2.39. The number of aryl methyl sites for hydroxylation is 1. The molecular weight excluding hydrogens is 228 g/mol. The standard InChI is InChI=1S/C19H24/c1-15(2)14-19(4,17-8-6-5-7-9-17)18-12-10-16(3)11-13-18/h5-13,15H,14H2,1-4H3. The molecule has 2 rings (SSSR count). The molecule has 0 spiro atoms. The number of hydrogen-bond donors (Lipinski definition) is 0. The lowest BCUT2D eigenvalue weighted by atomic mass is 9.71. The minimum atomic E-state index is 0.100. The van der Waals surface area contributed by atoms with Crippen molar-refractivity contribution in [3.8, 4) is 0 Å². The van der Waals surface area contributed by atoms with Crippen molar-refractivity contribution < 1.29 is 0 Å². The monoisotopic (exact) mass is 252 g/mol. The number of benzene rings is 2. The van der Waals surface area contributed by atoms with Crippen LogP contribution in [0.25, 0.3) is 0 Å². The Kier molecular flexibility index (Phi) is 4.09. The van der Waals surface area contributed by atoms with Crippen molar-refractivity contribution in [3.63, 3.8) is 0 Å². The first-order valence-electron chi connectivity index (χ1n) is 7.15. The molecule has 1 unspecified atom stereocenters. The van der Waals surface area contributed by atoms with Gasteiger partial charge in [0, 0.05) is 5.41 Å². The van der Waals surface area contributed by atoms with Crippen molar-refractivity contribution in [2.24, 2.45) is 5.92 Å². The Hall–Kier alpha value is -1.56. The van der Waals surface area contributed by atoms with Crippen LogP contribution in [0.2, 0.25) is 0 Å². The quantitative estimate of drug-likeness (QED) is 0.688. The minimum Gasteiger partial charge on any atom is -0.0627 e. The summed E-state index contributed by atoms with van der Waals surface area (Å²) in [6.07, 6.45) is 1.17. The Balaban J connectivity index is 2.48. The predicted molar refractivity (Wildman–Crippen MR) is 83.5 cm³/mol. The molecule has 2 aromatic carbocycles. The summed E-state index contributed by atoms with van der Waals surface area (Å²) in [6.45, 7) is 9.11. The van der Waals surface area contributed by atoms with Crippen LogP contribution in [0, 0.1) is 12.8 Å². The molecule has 0 fully saturated rings. The van der Waals surface area contributed by atoms with Gasteiger partial charge in [-0.25, -0.2) is 0 Å². The highest BCUT2D eigenvalue weighted by Gasteiger charge is 2.29. The Morgan fingerprint density at radius 2 is 1.37 bits per heavy atom. The lowest BCUT2D eigenvalue weighted by Crippen LogP contribution is -2.25. The summed E-state index contributed by atoms with van der Waals surface area (Å²) < 4.78 is 0. The van der Waals surface area contributed by atoms with Crippen molar-refractivity contribution in [2.75, 3.05) is 0 Å². The van der Waals surface area contributed by atoms with Gasteiger partial charge in [0.25, 0.3) is 0 Å². The first kappa shape index (κ1) is 13.9. The second-order valence-corrected chi connectivity index (χ2v) is 6.16. The van der Waals surface area contributed by atoms with Crippen molar-refractivity contribution in [1.29, 1.82) is 0 Å². The highest BCUT2D eigenvalue weighted by Crippen LogP contribution is 2.37. The average molecular weight is 252 g/mol. The third kappa shape index (κ3) is 3.07. The molecule has 0 radical (unpaired) electrons. The summed E-state index contributed by atoms with van der Waals surface area (Å²) in [4.78, 5) is 0. The van der Waals surface area contributed by atoms with Gasteiger partial charge in [0.15, 0.2) is 0 Å². The molecule has 19 heavy (non-hydrogen) atoms. The molecule has 0 bridgehead atoms. The predicted octanol–water partition coefficient (Wildman–Crippen LogP) is 5.35. The fourth-order valence-corrected chi connectivity index (χ4v) is 2.95. The first-order valence-corrected chi connectivity index (χ1v) is 7.15. The zero-order valence-corrected chi connectivity index (χ0v) is 12.5. The van der Waals surface area contributed by atoms with Crippen LogP contribution in [0.4, 0.5) is 0 Å². The molecule has 0 aliphatic rings. The molecule has 0 aliphatic carbocycles. The third-order valence-corrected chi connectivity index (χ3v) is 3.92. The zero-order chi connectivity index (χ0) is 13.9. The molecule has 0 aliphatic heterocycles. The Bertz CT molecular complexity index is 507. The topological polar surface area (TPSA) is 0 Å². The van der Waals surface area contributed by atoms with Crippen LogP contribution in [-0.4, -0.2) is 0 Å². The van der Waals surface area contributed by atoms with Gasteiger partial charge in [-0.2, -0.15) is 0 Å². The summed E-state index contributed by atoms with van der Waals surface area (Å²) in [5, 5.41) is 0. The van der Waals surface area contributed by atoms with Gasteiger partial charge in [0.05, 0.1) is 0 Å². The molecule has 0 heterocycles. The van der Waals surface area contributed by atoms with E-state index in [-0.39, 0.29) is 5.41 Å². The maximum atomic E-state index is 2.37. The highest BCUT2D eigenvalue weighted by molar-refractivity contribution is 5.39. The van der Waals surface area contributed by atoms with Gasteiger partial charge in [-0.15, -0.1) is 0 Å². The van der Waals surface area contributed by atoms with Crippen LogP contribution in [0.15, 0.2) is 54.6 Å². The van der Waals surface area contributed by atoms with Crippen LogP contribution in [0.1, 0.15) is 43.9 Å². The number of hydrogen-bond acceptors (Lipinski definition) is 0. The maximum Gasteiger partial charge on any atom is 0.0177 e. The van der Waals surface area contributed by atoms with Gasteiger partial charge in [-0.3, -0.25) is 0 Å². The van der Waals surface area contributed by atoms with Crippen molar-refractivity contribution in [3.05, 3.63) is 71.3 Å². The van der Waals surface area contributed by atoms with E-state index in [1.807, 2.05) is 0 Å². The van der Waals surface area contributed by atoms with Gasteiger partial charge in [0.1, 0.15) is 0 Å². The van der Waals surface area contributed by atoms with E-state index in [1.54, 1.807) is 0 Å². The van der Waals surface area contributed by atoms with E-state index in [0.29, 0.717) is 5.92 Å². The fourth-order valence-electron chi connectivity index (χ4n) is 2.95. The lowest BCUT2D eigenvalue weighted by Gasteiger charge is -2.33. The van der Waals surface area contributed by atoms with Crippen molar-refractivity contribution in [2.45, 2.75) is 39.5 Å². The van der Waals surface area contributed by atoms with Gasteiger partial charge >= 0.3 is 0 Å². The summed E-state index contributed by atoms with van der Waals surface area (Å²) >= 11 is 0. The Morgan fingerprint density at radius 1 is 0.842 bits per heavy atom. The molecule has 100 valence electrons. The van der Waals surface area contributed by atoms with Crippen LogP contribution in [0.5, 0.6) is 0 Å². The van der Waals surface area contributed by atoms with Gasteiger partial charge in [0.2, 0.25) is 0 Å². The van der Waals surface area contributed by atoms with E-state index in [0.717, 1.165) is 0 Å². The minimum absolute atomic E-state index is 0.100. The summed E-state index contributed by atoms with van der Waals surface area (Å²) in [6, 6.07) is 19.9. The fraction of sp³-hybridized carbons (Fsp3) is 0.368. The lowest BCUT2D eigenvalue weighted by molar-refractivity contribution is 0.427. The van der Waals surface area contributed by atoms with Crippen LogP contribution in [0.3, 0.4) is 0 Å². The van der Waals surface area contributed by atoms with Gasteiger partial charge in [-0.1, -0.05) is 80.9 Å². The smallest absolute Gasteiger partial charge is 0.0177 e. The molecule has 0 N–H and O–H groups in total. The van der Waals surface area contributed by atoms with E-state index < -0.39 is 0 Å². The molecule has 0 amide bonds. The van der Waals surface area contributed by atoms with Crippen LogP contribution in [-0.2, 0) is 5.41 Å². The second kappa shape index (κ2) is 5.61. The molecule has 0 saturated carbocycles. The Labute approximate surface area is 117 Å². The van der Waals surface area contributed by atoms with Crippen molar-refractivity contribution >= 4 is 0 Å². The molecule has 0 heteroatoms. The second-order valence-electron chi connectivity index (χ2n) is 6.16. The van der Waals surface area contributed by atoms with Gasteiger partial charge < -0.3 is 0 Å². The van der Waals surface area contributed by atoms with Gasteiger partial charge in [-0.05, 0) is 30.4 Å². The number of rotatable bonds is 4. The highest BCUT2D eigenvalue weighted by atomic mass is 14.3. The molecule has 0 nitrogen and oxygen atoms in total. The van der Waals surface area contributed by atoms with Crippen molar-refractivity contribution in [1.82, 2.24) is 0 Å². The van der Waals surface area contributed by atoms with E-state index in [9.17, 15) is 0 Å². The Morgan fingerprint density at radius 3 is 1.89 bits per heavy atom. The van der Waals surface area contributed by atoms with Crippen LogP contribution >= 0.6 is 0 Å². The third-order valence-electron chi connectivity index (χ3n) is 3.92.